The lowest BCUT2D eigenvalue weighted by molar-refractivity contribution is -0.167. The number of halogens is 3. The van der Waals surface area contributed by atoms with Gasteiger partial charge in [-0.1, -0.05) is 18.2 Å². The maximum absolute atomic E-state index is 12.1. The predicted molar refractivity (Wildman–Crippen MR) is 72.2 cm³/mol. The minimum atomic E-state index is -4.88. The number of benzene rings is 1. The van der Waals surface area contributed by atoms with Gasteiger partial charge in [-0.05, 0) is 31.0 Å². The summed E-state index contributed by atoms with van der Waals surface area (Å²) < 4.78 is 36.4. The summed E-state index contributed by atoms with van der Waals surface area (Å²) in [6.07, 6.45) is -2.30. The van der Waals surface area contributed by atoms with Crippen LogP contribution in [0.4, 0.5) is 18.9 Å². The molecule has 0 saturated heterocycles. The average Bonchev–Trinajstić information content (AvgIpc) is 2.36. The number of amides is 1. The van der Waals surface area contributed by atoms with Gasteiger partial charge in [0.15, 0.2) is 0 Å². The minimum absolute atomic E-state index is 0.128. The molecule has 110 valence electrons. The molecule has 0 radical (unpaired) electrons. The van der Waals surface area contributed by atoms with Gasteiger partial charge < -0.3 is 10.6 Å². The van der Waals surface area contributed by atoms with Crippen LogP contribution in [0.25, 0.3) is 0 Å². The molecule has 0 aromatic heterocycles. The number of hydrogen-bond acceptors (Lipinski definition) is 2. The molecular formula is C14H17F3N2O. The van der Waals surface area contributed by atoms with E-state index in [4.69, 9.17) is 0 Å². The van der Waals surface area contributed by atoms with Crippen molar-refractivity contribution in [2.75, 3.05) is 5.32 Å². The van der Waals surface area contributed by atoms with Crippen molar-refractivity contribution in [3.63, 3.8) is 0 Å². The highest BCUT2D eigenvalue weighted by Gasteiger charge is 2.38. The van der Waals surface area contributed by atoms with Crippen molar-refractivity contribution >= 4 is 11.6 Å². The Morgan fingerprint density at radius 1 is 1.45 bits per heavy atom. The van der Waals surface area contributed by atoms with Crippen molar-refractivity contribution in [3.8, 4) is 0 Å². The molecule has 1 atom stereocenters. The topological polar surface area (TPSA) is 41.1 Å². The predicted octanol–water partition coefficient (Wildman–Crippen LogP) is 3.24. The molecule has 0 fully saturated rings. The quantitative estimate of drug-likeness (QED) is 0.788. The lowest BCUT2D eigenvalue weighted by atomic mass is 10.1. The van der Waals surface area contributed by atoms with Crippen molar-refractivity contribution in [1.82, 2.24) is 5.32 Å². The minimum Gasteiger partial charge on any atom is -0.318 e. The highest BCUT2D eigenvalue weighted by molar-refractivity contribution is 5.94. The first-order chi connectivity index (χ1) is 9.32. The van der Waals surface area contributed by atoms with Gasteiger partial charge >= 0.3 is 12.1 Å². The van der Waals surface area contributed by atoms with E-state index in [1.165, 1.54) is 12.1 Å². The van der Waals surface area contributed by atoms with E-state index in [1.807, 2.05) is 12.2 Å². The smallest absolute Gasteiger partial charge is 0.318 e. The third kappa shape index (κ3) is 5.44. The molecule has 6 heteroatoms. The molecule has 1 aromatic rings. The summed E-state index contributed by atoms with van der Waals surface area (Å²) in [7, 11) is 0. The van der Waals surface area contributed by atoms with E-state index in [2.05, 4.69) is 11.9 Å². The average molecular weight is 286 g/mol. The highest BCUT2D eigenvalue weighted by atomic mass is 19.4. The first-order valence-corrected chi connectivity index (χ1v) is 6.14. The van der Waals surface area contributed by atoms with E-state index >= 15 is 0 Å². The molecular weight excluding hydrogens is 269 g/mol. The molecule has 0 saturated carbocycles. The third-order valence-corrected chi connectivity index (χ3v) is 2.62. The first-order valence-electron chi connectivity index (χ1n) is 6.14. The molecule has 20 heavy (non-hydrogen) atoms. The molecule has 0 spiro atoms. The lowest BCUT2D eigenvalue weighted by Gasteiger charge is -2.13. The van der Waals surface area contributed by atoms with Crippen LogP contribution in [0.5, 0.6) is 0 Å². The van der Waals surface area contributed by atoms with Crippen LogP contribution in [0.2, 0.25) is 0 Å². The second-order valence-corrected chi connectivity index (χ2v) is 4.46. The van der Waals surface area contributed by atoms with Gasteiger partial charge in [0.2, 0.25) is 0 Å². The van der Waals surface area contributed by atoms with Crippen molar-refractivity contribution in [2.45, 2.75) is 32.1 Å². The van der Waals surface area contributed by atoms with Crippen LogP contribution in [0.3, 0.4) is 0 Å². The van der Waals surface area contributed by atoms with Crippen LogP contribution in [0.1, 0.15) is 18.9 Å². The molecule has 2 N–H and O–H groups in total. The van der Waals surface area contributed by atoms with Gasteiger partial charge in [-0.2, -0.15) is 13.2 Å². The molecule has 0 aliphatic rings. The SMILES string of the molecule is C=CCC(C)NCc1cccc(NC(=O)C(F)(F)F)c1. The number of alkyl halides is 3. The summed E-state index contributed by atoms with van der Waals surface area (Å²) in [5.41, 5.74) is 0.920. The number of hydrogen-bond donors (Lipinski definition) is 2. The van der Waals surface area contributed by atoms with Gasteiger partial charge in [-0.15, -0.1) is 6.58 Å². The van der Waals surface area contributed by atoms with E-state index in [-0.39, 0.29) is 11.7 Å². The van der Waals surface area contributed by atoms with Gasteiger partial charge in [0.25, 0.3) is 0 Å². The van der Waals surface area contributed by atoms with E-state index in [0.29, 0.717) is 6.54 Å². The zero-order valence-corrected chi connectivity index (χ0v) is 11.1. The Balaban J connectivity index is 2.62. The largest absolute Gasteiger partial charge is 0.471 e. The number of carbonyl (C=O) groups is 1. The molecule has 1 rings (SSSR count). The number of anilines is 1. The fourth-order valence-electron chi connectivity index (χ4n) is 1.59. The summed E-state index contributed by atoms with van der Waals surface area (Å²) in [6, 6.07) is 6.52. The van der Waals surface area contributed by atoms with Crippen LogP contribution in [-0.2, 0) is 11.3 Å². The second kappa shape index (κ2) is 7.09. The summed E-state index contributed by atoms with van der Waals surface area (Å²) in [5, 5.41) is 5.03. The lowest BCUT2D eigenvalue weighted by Crippen LogP contribution is -2.30. The molecule has 1 unspecified atom stereocenters. The van der Waals surface area contributed by atoms with Crippen LogP contribution >= 0.6 is 0 Å². The van der Waals surface area contributed by atoms with Crippen molar-refractivity contribution in [1.29, 1.82) is 0 Å². The Bertz CT molecular complexity index is 472. The highest BCUT2D eigenvalue weighted by Crippen LogP contribution is 2.18. The normalized spacial score (nSPS) is 12.8. The summed E-state index contributed by atoms with van der Waals surface area (Å²) >= 11 is 0. The molecule has 1 aromatic carbocycles. The number of carbonyl (C=O) groups excluding carboxylic acids is 1. The van der Waals surface area contributed by atoms with Crippen molar-refractivity contribution in [3.05, 3.63) is 42.5 Å². The van der Waals surface area contributed by atoms with E-state index in [9.17, 15) is 18.0 Å². The monoisotopic (exact) mass is 286 g/mol. The summed E-state index contributed by atoms with van der Waals surface area (Å²) in [4.78, 5) is 10.8. The fraction of sp³-hybridized carbons (Fsp3) is 0.357. The molecule has 0 aliphatic carbocycles. The van der Waals surface area contributed by atoms with Crippen molar-refractivity contribution in [2.24, 2.45) is 0 Å². The van der Waals surface area contributed by atoms with Gasteiger partial charge in [-0.25, -0.2) is 0 Å². The van der Waals surface area contributed by atoms with E-state index in [1.54, 1.807) is 18.2 Å². The Hall–Kier alpha value is -1.82. The maximum Gasteiger partial charge on any atom is 0.471 e. The van der Waals surface area contributed by atoms with Crippen molar-refractivity contribution < 1.29 is 18.0 Å². The van der Waals surface area contributed by atoms with Crippen LogP contribution in [0.15, 0.2) is 36.9 Å². The first kappa shape index (κ1) is 16.2. The second-order valence-electron chi connectivity index (χ2n) is 4.46. The Morgan fingerprint density at radius 3 is 2.75 bits per heavy atom. The Labute approximate surface area is 115 Å². The Morgan fingerprint density at radius 2 is 2.15 bits per heavy atom. The molecule has 3 nitrogen and oxygen atoms in total. The summed E-state index contributed by atoms with van der Waals surface area (Å²) in [5.74, 6) is -1.97. The maximum atomic E-state index is 12.1. The molecule has 1 amide bonds. The fourth-order valence-corrected chi connectivity index (χ4v) is 1.59. The zero-order chi connectivity index (χ0) is 15.2. The zero-order valence-electron chi connectivity index (χ0n) is 11.1. The van der Waals surface area contributed by atoms with E-state index < -0.39 is 12.1 Å². The van der Waals surface area contributed by atoms with E-state index in [0.717, 1.165) is 12.0 Å². The summed E-state index contributed by atoms with van der Waals surface area (Å²) in [6.45, 7) is 6.12. The van der Waals surface area contributed by atoms with Gasteiger partial charge in [0.05, 0.1) is 0 Å². The van der Waals surface area contributed by atoms with Crippen LogP contribution in [-0.4, -0.2) is 18.1 Å². The van der Waals surface area contributed by atoms with Crippen LogP contribution in [0, 0.1) is 0 Å². The molecule has 0 heterocycles. The van der Waals surface area contributed by atoms with Gasteiger partial charge in [0.1, 0.15) is 0 Å². The third-order valence-electron chi connectivity index (χ3n) is 2.62. The number of nitrogens with one attached hydrogen (secondary N) is 2. The Kier molecular flexibility index (Phi) is 5.76. The number of rotatable bonds is 6. The van der Waals surface area contributed by atoms with Gasteiger partial charge in [-0.3, -0.25) is 4.79 Å². The molecule has 0 aliphatic heterocycles. The van der Waals surface area contributed by atoms with Gasteiger partial charge in [0, 0.05) is 18.3 Å². The standard InChI is InChI=1S/C14H17F3N2O/c1-3-5-10(2)18-9-11-6-4-7-12(8-11)19-13(20)14(15,16)17/h3-4,6-8,10,18H,1,5,9H2,2H3,(H,19,20). The van der Waals surface area contributed by atoms with Crippen LogP contribution < -0.4 is 10.6 Å². The molecule has 0 bridgehead atoms.